The molecule has 8 nitrogen and oxygen atoms in total. The van der Waals surface area contributed by atoms with Gasteiger partial charge in [-0.1, -0.05) is 42.5 Å². The minimum atomic E-state index is -1.08. The predicted molar refractivity (Wildman–Crippen MR) is 140 cm³/mol. The Kier molecular flexibility index (Phi) is 7.18. The summed E-state index contributed by atoms with van der Waals surface area (Å²) in [5, 5.41) is 0. The van der Waals surface area contributed by atoms with Crippen molar-refractivity contribution >= 4 is 28.9 Å². The predicted octanol–water partition coefficient (Wildman–Crippen LogP) is 4.98. The number of carbonyl (C=O) groups is 2. The van der Waals surface area contributed by atoms with Crippen LogP contribution < -0.4 is 9.64 Å². The molecule has 1 aliphatic heterocycles. The first-order chi connectivity index (χ1) is 18.1. The average Bonchev–Trinajstić information content (AvgIpc) is 3.29. The Hall–Kier alpha value is -4.17. The van der Waals surface area contributed by atoms with Crippen LogP contribution in [0.5, 0.6) is 11.5 Å². The maximum absolute atomic E-state index is 13.9. The van der Waals surface area contributed by atoms with Gasteiger partial charge in [-0.2, -0.15) is 0 Å². The van der Waals surface area contributed by atoms with Gasteiger partial charge in [0.2, 0.25) is 11.9 Å². The van der Waals surface area contributed by atoms with Gasteiger partial charge in [0.25, 0.3) is 0 Å². The maximum Gasteiger partial charge on any atom is 0.321 e. The van der Waals surface area contributed by atoms with Gasteiger partial charge < -0.3 is 18.8 Å². The SMILES string of the molecule is CCOC(=O)[C@H]1C(=O)N(CCCOC)c2nc3ccccc3n2[C@H]1c1cccc(Oc2ccccc2)c1. The summed E-state index contributed by atoms with van der Waals surface area (Å²) in [5.74, 6) is -0.183. The number of ether oxygens (including phenoxy) is 3. The van der Waals surface area contributed by atoms with E-state index in [1.54, 1.807) is 18.9 Å². The highest BCUT2D eigenvalue weighted by Crippen LogP contribution is 2.42. The molecule has 0 unspecified atom stereocenters. The third-order valence-corrected chi connectivity index (χ3v) is 6.39. The van der Waals surface area contributed by atoms with Crippen LogP contribution in [0.3, 0.4) is 0 Å². The molecule has 0 bridgehead atoms. The minimum absolute atomic E-state index is 0.174. The van der Waals surface area contributed by atoms with Crippen molar-refractivity contribution in [2.75, 3.05) is 31.8 Å². The molecule has 37 heavy (non-hydrogen) atoms. The Balaban J connectivity index is 1.66. The lowest BCUT2D eigenvalue weighted by Crippen LogP contribution is -2.50. The van der Waals surface area contributed by atoms with Gasteiger partial charge >= 0.3 is 5.97 Å². The summed E-state index contributed by atoms with van der Waals surface area (Å²) in [7, 11) is 1.62. The molecule has 190 valence electrons. The van der Waals surface area contributed by atoms with Gasteiger partial charge in [0.05, 0.1) is 23.7 Å². The van der Waals surface area contributed by atoms with E-state index in [4.69, 9.17) is 19.2 Å². The van der Waals surface area contributed by atoms with Crippen molar-refractivity contribution in [3.8, 4) is 11.5 Å². The van der Waals surface area contributed by atoms with E-state index in [9.17, 15) is 9.59 Å². The number of rotatable bonds is 9. The van der Waals surface area contributed by atoms with Crippen LogP contribution in [-0.2, 0) is 19.1 Å². The lowest BCUT2D eigenvalue weighted by Gasteiger charge is -2.38. The molecular weight excluding hydrogens is 470 g/mol. The first-order valence-electron chi connectivity index (χ1n) is 12.4. The smallest absolute Gasteiger partial charge is 0.321 e. The minimum Gasteiger partial charge on any atom is -0.465 e. The first kappa shape index (κ1) is 24.5. The molecule has 0 aliphatic carbocycles. The van der Waals surface area contributed by atoms with E-state index in [2.05, 4.69) is 0 Å². The van der Waals surface area contributed by atoms with Crippen LogP contribution in [0.15, 0.2) is 78.9 Å². The average molecular weight is 500 g/mol. The third-order valence-electron chi connectivity index (χ3n) is 6.39. The molecule has 1 amide bonds. The van der Waals surface area contributed by atoms with Crippen molar-refractivity contribution in [2.45, 2.75) is 19.4 Å². The van der Waals surface area contributed by atoms with Crippen LogP contribution in [0.1, 0.15) is 24.9 Å². The number of esters is 1. The van der Waals surface area contributed by atoms with E-state index in [1.165, 1.54) is 0 Å². The van der Waals surface area contributed by atoms with Crippen LogP contribution in [-0.4, -0.2) is 48.3 Å². The number of carbonyl (C=O) groups excluding carboxylic acids is 2. The second kappa shape index (κ2) is 10.8. The molecular formula is C29H29N3O5. The number of fused-ring (bicyclic) bond motifs is 3. The highest BCUT2D eigenvalue weighted by atomic mass is 16.5. The second-order valence-corrected chi connectivity index (χ2v) is 8.77. The molecule has 0 N–H and O–H groups in total. The van der Waals surface area contributed by atoms with Crippen LogP contribution in [0.2, 0.25) is 0 Å². The number of methoxy groups -OCH3 is 1. The molecule has 0 saturated carbocycles. The number of para-hydroxylation sites is 3. The van der Waals surface area contributed by atoms with Gasteiger partial charge in [-0.25, -0.2) is 4.98 Å². The number of anilines is 1. The van der Waals surface area contributed by atoms with Crippen molar-refractivity contribution < 1.29 is 23.8 Å². The number of aromatic nitrogens is 2. The molecule has 0 spiro atoms. The Morgan fingerprint density at radius 2 is 1.73 bits per heavy atom. The molecule has 5 rings (SSSR count). The van der Waals surface area contributed by atoms with Crippen LogP contribution in [0, 0.1) is 5.92 Å². The summed E-state index contributed by atoms with van der Waals surface area (Å²) in [4.78, 5) is 33.7. The van der Waals surface area contributed by atoms with Gasteiger partial charge in [0.15, 0.2) is 5.92 Å². The summed E-state index contributed by atoms with van der Waals surface area (Å²) < 4.78 is 18.7. The van der Waals surface area contributed by atoms with E-state index in [1.807, 2.05) is 83.4 Å². The third kappa shape index (κ3) is 4.80. The molecule has 3 aromatic carbocycles. The van der Waals surface area contributed by atoms with Crippen molar-refractivity contribution in [2.24, 2.45) is 5.92 Å². The molecule has 8 heteroatoms. The fraction of sp³-hybridized carbons (Fsp3) is 0.276. The monoisotopic (exact) mass is 499 g/mol. The van der Waals surface area contributed by atoms with Gasteiger partial charge in [-0.3, -0.25) is 14.5 Å². The van der Waals surface area contributed by atoms with E-state index in [-0.39, 0.29) is 12.5 Å². The lowest BCUT2D eigenvalue weighted by molar-refractivity contribution is -0.153. The van der Waals surface area contributed by atoms with E-state index in [0.717, 1.165) is 16.6 Å². The quantitative estimate of drug-likeness (QED) is 0.184. The topological polar surface area (TPSA) is 82.9 Å². The first-order valence-corrected chi connectivity index (χ1v) is 12.4. The Morgan fingerprint density at radius 3 is 2.51 bits per heavy atom. The Labute approximate surface area is 215 Å². The number of nitrogens with zero attached hydrogens (tertiary/aromatic N) is 3. The molecule has 4 aromatic rings. The molecule has 0 saturated heterocycles. The van der Waals surface area contributed by atoms with Crippen molar-refractivity contribution in [3.05, 3.63) is 84.4 Å². The van der Waals surface area contributed by atoms with E-state index >= 15 is 0 Å². The zero-order valence-corrected chi connectivity index (χ0v) is 20.9. The number of benzene rings is 3. The van der Waals surface area contributed by atoms with Crippen LogP contribution in [0.25, 0.3) is 11.0 Å². The summed E-state index contributed by atoms with van der Waals surface area (Å²) in [6.45, 7) is 2.77. The van der Waals surface area contributed by atoms with E-state index < -0.39 is 17.9 Å². The molecule has 2 atom stereocenters. The summed E-state index contributed by atoms with van der Waals surface area (Å²) in [6, 6.07) is 24.0. The Bertz CT molecular complexity index is 1400. The van der Waals surface area contributed by atoms with Gasteiger partial charge in [0.1, 0.15) is 11.5 Å². The fourth-order valence-electron chi connectivity index (χ4n) is 4.81. The summed E-state index contributed by atoms with van der Waals surface area (Å²) in [6.07, 6.45) is 0.603. The highest BCUT2D eigenvalue weighted by Gasteiger charge is 2.47. The molecule has 0 fully saturated rings. The van der Waals surface area contributed by atoms with Gasteiger partial charge in [-0.05, 0) is 55.3 Å². The molecule has 2 heterocycles. The summed E-state index contributed by atoms with van der Waals surface area (Å²) in [5.41, 5.74) is 2.32. The summed E-state index contributed by atoms with van der Waals surface area (Å²) >= 11 is 0. The van der Waals surface area contributed by atoms with Crippen molar-refractivity contribution in [1.29, 1.82) is 0 Å². The highest BCUT2D eigenvalue weighted by molar-refractivity contribution is 6.08. The number of amides is 1. The van der Waals surface area contributed by atoms with Gasteiger partial charge in [0, 0.05) is 20.3 Å². The van der Waals surface area contributed by atoms with Crippen LogP contribution >= 0.6 is 0 Å². The van der Waals surface area contributed by atoms with Crippen molar-refractivity contribution in [3.63, 3.8) is 0 Å². The largest absolute Gasteiger partial charge is 0.465 e. The van der Waals surface area contributed by atoms with Gasteiger partial charge in [-0.15, -0.1) is 0 Å². The molecule has 1 aliphatic rings. The second-order valence-electron chi connectivity index (χ2n) is 8.77. The number of hydrogen-bond acceptors (Lipinski definition) is 6. The fourth-order valence-corrected chi connectivity index (χ4v) is 4.81. The zero-order valence-electron chi connectivity index (χ0n) is 20.9. The van der Waals surface area contributed by atoms with Crippen LogP contribution in [0.4, 0.5) is 5.95 Å². The van der Waals surface area contributed by atoms with Crippen molar-refractivity contribution in [1.82, 2.24) is 9.55 Å². The molecule has 1 aromatic heterocycles. The normalized spacial score (nSPS) is 17.0. The molecule has 0 radical (unpaired) electrons. The maximum atomic E-state index is 13.9. The van der Waals surface area contributed by atoms with E-state index in [0.29, 0.717) is 37.0 Å². The Morgan fingerprint density at radius 1 is 0.973 bits per heavy atom. The zero-order chi connectivity index (χ0) is 25.8. The lowest BCUT2D eigenvalue weighted by atomic mass is 9.89. The standard InChI is InChI=1S/C29H29N3O5/c1-3-36-28(34)25-26(20-11-9-14-22(19-20)37-21-12-5-4-6-13-21)32-24-16-8-7-15-23(24)30-29(32)31(27(25)33)17-10-18-35-2/h4-9,11-16,19,25-26H,3,10,17-18H2,1-2H3/t25-,26+/m1/s1. The number of hydrogen-bond donors (Lipinski definition) is 0. The number of imidazole rings is 1.